The van der Waals surface area contributed by atoms with Gasteiger partial charge in [-0.15, -0.1) is 15.3 Å². The molecule has 1 aromatic carbocycles. The van der Waals surface area contributed by atoms with Crippen molar-refractivity contribution >= 4 is 51.4 Å². The van der Waals surface area contributed by atoms with E-state index in [9.17, 15) is 0 Å². The predicted molar refractivity (Wildman–Crippen MR) is 119 cm³/mol. The summed E-state index contributed by atoms with van der Waals surface area (Å²) in [6.45, 7) is 24.8. The Morgan fingerprint density at radius 1 is 0.682 bits per heavy atom. The molecule has 22 heavy (non-hydrogen) atoms. The van der Waals surface area contributed by atoms with Gasteiger partial charge in [0.2, 0.25) is 0 Å². The van der Waals surface area contributed by atoms with Crippen molar-refractivity contribution in [3.63, 3.8) is 0 Å². The van der Waals surface area contributed by atoms with Crippen LogP contribution in [0.3, 0.4) is 0 Å². The first-order valence-corrected chi connectivity index (χ1v) is 23.6. The first-order chi connectivity index (χ1) is 9.61. The molecule has 0 N–H and O–H groups in total. The van der Waals surface area contributed by atoms with Crippen molar-refractivity contribution in [3.8, 4) is 0 Å². The van der Waals surface area contributed by atoms with E-state index in [0.29, 0.717) is 3.91 Å². The molecule has 1 rings (SSSR count). The van der Waals surface area contributed by atoms with Crippen LogP contribution < -0.4 is 5.19 Å². The van der Waals surface area contributed by atoms with Crippen LogP contribution >= 0.6 is 15.3 Å². The Morgan fingerprint density at radius 2 is 1.05 bits per heavy atom. The van der Waals surface area contributed by atoms with Gasteiger partial charge in [-0.05, 0) is 3.91 Å². The van der Waals surface area contributed by atoms with Gasteiger partial charge in [0, 0.05) is 16.1 Å². The Bertz CT molecular complexity index is 468. The van der Waals surface area contributed by atoms with Crippen LogP contribution in [0.25, 0.3) is 0 Å². The highest BCUT2D eigenvalue weighted by atomic mass is 79.9. The predicted octanol–water partition coefficient (Wildman–Crippen LogP) is 6.24. The SMILES string of the molecule is C[Si](C)(C)C([Si](C)(C)C)([Si](C)(C)Br)[Si](C)(C)c1ccccc1. The number of hydrogen-bond donors (Lipinski definition) is 0. The summed E-state index contributed by atoms with van der Waals surface area (Å²) in [4.78, 5) is 0. The van der Waals surface area contributed by atoms with Gasteiger partial charge in [0.1, 0.15) is 6.69 Å². The summed E-state index contributed by atoms with van der Waals surface area (Å²) in [6.07, 6.45) is 0. The summed E-state index contributed by atoms with van der Waals surface area (Å²) in [7, 11) is -4.40. The van der Waals surface area contributed by atoms with Crippen LogP contribution in [-0.4, -0.2) is 30.9 Å². The van der Waals surface area contributed by atoms with Gasteiger partial charge in [0.05, 0.1) is 8.07 Å². The highest BCUT2D eigenvalue weighted by molar-refractivity contribution is 9.26. The van der Waals surface area contributed by atoms with E-state index in [1.165, 1.54) is 0 Å². The van der Waals surface area contributed by atoms with E-state index in [1.54, 1.807) is 5.19 Å². The molecule has 0 fully saturated rings. The number of hydrogen-bond acceptors (Lipinski definition) is 0. The summed E-state index contributed by atoms with van der Waals surface area (Å²) < 4.78 is 0.585. The highest BCUT2D eigenvalue weighted by Crippen LogP contribution is 2.61. The van der Waals surface area contributed by atoms with Gasteiger partial charge in [-0.25, -0.2) is 0 Å². The molecular formula is C17H35BrSi4. The van der Waals surface area contributed by atoms with Crippen molar-refractivity contribution < 1.29 is 0 Å². The second kappa shape index (κ2) is 6.13. The quantitative estimate of drug-likeness (QED) is 0.382. The normalized spacial score (nSPS) is 15.0. The third-order valence-electron chi connectivity index (χ3n) is 5.57. The van der Waals surface area contributed by atoms with Crippen LogP contribution in [0.5, 0.6) is 0 Å². The largest absolute Gasteiger partial charge is 0.127 e. The van der Waals surface area contributed by atoms with Gasteiger partial charge in [-0.3, -0.25) is 0 Å². The van der Waals surface area contributed by atoms with Crippen molar-refractivity contribution in [2.24, 2.45) is 0 Å². The molecule has 0 aromatic heterocycles. The first-order valence-electron chi connectivity index (χ1n) is 8.35. The molecule has 0 spiro atoms. The van der Waals surface area contributed by atoms with Crippen LogP contribution in [0, 0.1) is 0 Å². The van der Waals surface area contributed by atoms with Crippen LogP contribution in [0.15, 0.2) is 30.3 Å². The Balaban J connectivity index is 3.87. The van der Waals surface area contributed by atoms with Crippen LogP contribution in [0.2, 0.25) is 69.4 Å². The lowest BCUT2D eigenvalue weighted by atomic mass is 10.4. The summed E-state index contributed by atoms with van der Waals surface area (Å²) in [5.41, 5.74) is 0. The molecule has 0 unspecified atom stereocenters. The third kappa shape index (κ3) is 3.08. The minimum Gasteiger partial charge on any atom is -0.127 e. The second-order valence-corrected chi connectivity index (χ2v) is 37.4. The van der Waals surface area contributed by atoms with Crippen molar-refractivity contribution in [3.05, 3.63) is 30.3 Å². The van der Waals surface area contributed by atoms with Crippen molar-refractivity contribution in [2.75, 3.05) is 0 Å². The fourth-order valence-electron chi connectivity index (χ4n) is 6.60. The number of benzene rings is 1. The molecule has 0 aliphatic carbocycles. The zero-order valence-corrected chi connectivity index (χ0v) is 21.9. The van der Waals surface area contributed by atoms with Crippen molar-refractivity contribution in [1.29, 1.82) is 0 Å². The standard InChI is InChI=1S/C17H35BrSi4/c1-19(2,3)17(20(4,5)6,22(9,10)18)21(7,8)16-14-12-11-13-15-16/h11-15H,1-10H3. The van der Waals surface area contributed by atoms with Gasteiger partial charge in [-0.2, -0.15) is 0 Å². The van der Waals surface area contributed by atoms with Gasteiger partial charge >= 0.3 is 0 Å². The lowest BCUT2D eigenvalue weighted by Crippen LogP contribution is -2.78. The lowest BCUT2D eigenvalue weighted by Gasteiger charge is -2.65. The Morgan fingerprint density at radius 3 is 1.32 bits per heavy atom. The summed E-state index contributed by atoms with van der Waals surface area (Å²) in [6, 6.07) is 11.5. The van der Waals surface area contributed by atoms with Gasteiger partial charge in [-0.1, -0.05) is 101 Å². The van der Waals surface area contributed by atoms with E-state index in [0.717, 1.165) is 0 Å². The Labute approximate surface area is 150 Å². The smallest absolute Gasteiger partial charge is 0.123 e. The van der Waals surface area contributed by atoms with E-state index in [4.69, 9.17) is 0 Å². The molecule has 0 radical (unpaired) electrons. The Hall–Kier alpha value is 0.568. The van der Waals surface area contributed by atoms with E-state index in [1.807, 2.05) is 0 Å². The van der Waals surface area contributed by atoms with Crippen LogP contribution in [0.1, 0.15) is 0 Å². The van der Waals surface area contributed by atoms with E-state index in [2.05, 4.69) is 111 Å². The molecule has 5 heteroatoms. The molecule has 0 aliphatic rings. The fraction of sp³-hybridized carbons (Fsp3) is 0.647. The summed E-state index contributed by atoms with van der Waals surface area (Å²) in [5, 5.41) is 1.65. The Kier molecular flexibility index (Phi) is 5.75. The zero-order chi connectivity index (χ0) is 17.6. The summed E-state index contributed by atoms with van der Waals surface area (Å²) >= 11 is 4.35. The van der Waals surface area contributed by atoms with E-state index < -0.39 is 30.9 Å². The van der Waals surface area contributed by atoms with E-state index in [-0.39, 0.29) is 0 Å². The molecule has 126 valence electrons. The highest BCUT2D eigenvalue weighted by Gasteiger charge is 2.68. The molecule has 1 aromatic rings. The van der Waals surface area contributed by atoms with Crippen LogP contribution in [0.4, 0.5) is 0 Å². The van der Waals surface area contributed by atoms with Gasteiger partial charge < -0.3 is 0 Å². The average Bonchev–Trinajstić information content (AvgIpc) is 2.23. The first kappa shape index (κ1) is 20.6. The topological polar surface area (TPSA) is 0 Å². The van der Waals surface area contributed by atoms with Gasteiger partial charge in [0.25, 0.3) is 0 Å². The molecule has 0 heterocycles. The molecule has 0 saturated carbocycles. The molecule has 0 atom stereocenters. The molecule has 0 nitrogen and oxygen atoms in total. The van der Waals surface area contributed by atoms with Crippen LogP contribution in [-0.2, 0) is 0 Å². The molecule has 0 saturated heterocycles. The fourth-order valence-corrected chi connectivity index (χ4v) is 68.7. The number of rotatable bonds is 5. The second-order valence-electron chi connectivity index (χ2n) is 9.71. The zero-order valence-electron chi connectivity index (χ0n) is 16.3. The van der Waals surface area contributed by atoms with Gasteiger partial charge in [0.15, 0.2) is 0 Å². The van der Waals surface area contributed by atoms with Crippen molar-refractivity contribution in [1.82, 2.24) is 0 Å². The molecular weight excluding hydrogens is 396 g/mol. The monoisotopic (exact) mass is 430 g/mol. The maximum absolute atomic E-state index is 4.35. The lowest BCUT2D eigenvalue weighted by molar-refractivity contribution is 1.21. The minimum absolute atomic E-state index is 0.585. The molecule has 0 aliphatic heterocycles. The number of halogens is 1. The maximum Gasteiger partial charge on any atom is 0.123 e. The van der Waals surface area contributed by atoms with Crippen molar-refractivity contribution in [2.45, 2.75) is 69.4 Å². The molecule has 0 amide bonds. The maximum atomic E-state index is 4.35. The average molecular weight is 432 g/mol. The minimum atomic E-state index is -1.63. The van der Waals surface area contributed by atoms with E-state index >= 15 is 0 Å². The molecule has 0 bridgehead atoms. The summed E-state index contributed by atoms with van der Waals surface area (Å²) in [5.74, 6) is 0. The third-order valence-corrected chi connectivity index (χ3v) is 45.3.